The Balaban J connectivity index is 2.86. The number of methoxy groups -OCH3 is 1. The summed E-state index contributed by atoms with van der Waals surface area (Å²) < 4.78 is 32.8. The Morgan fingerprint density at radius 3 is 2.43 bits per heavy atom. The van der Waals surface area contributed by atoms with Crippen molar-refractivity contribution in [3.8, 4) is 11.5 Å². The fraction of sp³-hybridized carbons (Fsp3) is 0.500. The fourth-order valence-corrected chi connectivity index (χ4v) is 3.57. The third-order valence-corrected chi connectivity index (χ3v) is 3.99. The van der Waals surface area contributed by atoms with Crippen molar-refractivity contribution >= 4 is 25.4 Å². The molecule has 0 fully saturated rings. The van der Waals surface area contributed by atoms with Crippen molar-refractivity contribution in [1.29, 1.82) is 0 Å². The topological polar surface area (TPSA) is 95.7 Å². The van der Waals surface area contributed by atoms with E-state index in [1.807, 2.05) is 0 Å². The van der Waals surface area contributed by atoms with Gasteiger partial charge in [-0.3, -0.25) is 10.1 Å². The minimum Gasteiger partial charge on any atom is -0.493 e. The van der Waals surface area contributed by atoms with Crippen LogP contribution in [0, 0.1) is 15.5 Å². The molecule has 1 rings (SSSR count). The lowest BCUT2D eigenvalue weighted by atomic mass is 9.98. The number of hydrogen-bond donors (Lipinski definition) is 0. The van der Waals surface area contributed by atoms with E-state index in [2.05, 4.69) is 0 Å². The standard InChI is InChI=1S/C12H16ClNO6S/c1-12(2,8-21(13,17)18)7-20-10-5-4-9(14(15)16)6-11(10)19-3/h4-6H,7-8H2,1-3H3. The number of non-ortho nitro benzene ring substituents is 1. The highest BCUT2D eigenvalue weighted by molar-refractivity contribution is 8.13. The SMILES string of the molecule is COc1cc([N+](=O)[O-])ccc1OCC(C)(C)CS(=O)(=O)Cl. The van der Waals surface area contributed by atoms with Gasteiger partial charge in [0.1, 0.15) is 0 Å². The molecule has 0 atom stereocenters. The summed E-state index contributed by atoms with van der Waals surface area (Å²) in [6, 6.07) is 3.92. The van der Waals surface area contributed by atoms with E-state index < -0.39 is 19.4 Å². The van der Waals surface area contributed by atoms with Crippen LogP contribution in [0.3, 0.4) is 0 Å². The molecule has 7 nitrogen and oxygen atoms in total. The molecule has 21 heavy (non-hydrogen) atoms. The molecular formula is C12H16ClNO6S. The Labute approximate surface area is 127 Å². The molecule has 0 unspecified atom stereocenters. The number of nitro benzene ring substituents is 1. The van der Waals surface area contributed by atoms with Gasteiger partial charge < -0.3 is 9.47 Å². The summed E-state index contributed by atoms with van der Waals surface area (Å²) in [6.45, 7) is 3.43. The molecule has 0 aromatic heterocycles. The number of benzene rings is 1. The summed E-state index contributed by atoms with van der Waals surface area (Å²) in [5.74, 6) is 0.244. The molecule has 0 saturated carbocycles. The summed E-state index contributed by atoms with van der Waals surface area (Å²) in [7, 11) is 2.94. The van der Waals surface area contributed by atoms with Gasteiger partial charge in [0.25, 0.3) is 5.69 Å². The van der Waals surface area contributed by atoms with Crippen molar-refractivity contribution in [3.63, 3.8) is 0 Å². The predicted molar refractivity (Wildman–Crippen MR) is 78.6 cm³/mol. The number of halogens is 1. The first-order valence-electron chi connectivity index (χ1n) is 5.92. The van der Waals surface area contributed by atoms with Gasteiger partial charge >= 0.3 is 0 Å². The number of hydrogen-bond acceptors (Lipinski definition) is 6. The van der Waals surface area contributed by atoms with Crippen LogP contribution in [0.1, 0.15) is 13.8 Å². The van der Waals surface area contributed by atoms with E-state index in [0.717, 1.165) is 0 Å². The van der Waals surface area contributed by atoms with Crippen molar-refractivity contribution in [2.24, 2.45) is 5.41 Å². The molecule has 118 valence electrons. The minimum absolute atomic E-state index is 0.0626. The quantitative estimate of drug-likeness (QED) is 0.431. The molecule has 0 bridgehead atoms. The molecule has 0 heterocycles. The van der Waals surface area contributed by atoms with E-state index in [9.17, 15) is 18.5 Å². The maximum Gasteiger partial charge on any atom is 0.273 e. The summed E-state index contributed by atoms with van der Waals surface area (Å²) in [6.07, 6.45) is 0. The van der Waals surface area contributed by atoms with Gasteiger partial charge in [0.15, 0.2) is 11.5 Å². The second-order valence-electron chi connectivity index (χ2n) is 5.23. The van der Waals surface area contributed by atoms with Crippen molar-refractivity contribution in [2.75, 3.05) is 19.5 Å². The average Bonchev–Trinajstić information content (AvgIpc) is 2.33. The maximum absolute atomic E-state index is 11.1. The zero-order valence-electron chi connectivity index (χ0n) is 11.8. The van der Waals surface area contributed by atoms with Gasteiger partial charge in [-0.1, -0.05) is 13.8 Å². The molecule has 0 aliphatic carbocycles. The highest BCUT2D eigenvalue weighted by Crippen LogP contribution is 2.32. The molecule has 0 aliphatic rings. The summed E-state index contributed by atoms with van der Waals surface area (Å²) in [5, 5.41) is 10.7. The van der Waals surface area contributed by atoms with Gasteiger partial charge in [-0.05, 0) is 6.07 Å². The molecule has 0 amide bonds. The second-order valence-corrected chi connectivity index (χ2v) is 8.01. The zero-order valence-corrected chi connectivity index (χ0v) is 13.4. The molecule has 0 saturated heterocycles. The molecule has 1 aromatic carbocycles. The van der Waals surface area contributed by atoms with Crippen LogP contribution in [0.4, 0.5) is 5.69 Å². The maximum atomic E-state index is 11.1. The smallest absolute Gasteiger partial charge is 0.273 e. The van der Waals surface area contributed by atoms with Crippen LogP contribution < -0.4 is 9.47 Å². The first-order chi connectivity index (χ1) is 9.54. The third-order valence-electron chi connectivity index (χ3n) is 2.54. The van der Waals surface area contributed by atoms with Crippen LogP contribution in [0.15, 0.2) is 18.2 Å². The van der Waals surface area contributed by atoms with E-state index in [1.165, 1.54) is 25.3 Å². The van der Waals surface area contributed by atoms with Crippen LogP contribution in [0.25, 0.3) is 0 Å². The van der Waals surface area contributed by atoms with Gasteiger partial charge in [0, 0.05) is 22.2 Å². The van der Waals surface area contributed by atoms with Crippen molar-refractivity contribution < 1.29 is 22.8 Å². The third kappa shape index (κ3) is 5.76. The normalized spacial score (nSPS) is 12.0. The molecule has 0 aliphatic heterocycles. The molecular weight excluding hydrogens is 322 g/mol. The first kappa shape index (κ1) is 17.5. The first-order valence-corrected chi connectivity index (χ1v) is 8.39. The largest absolute Gasteiger partial charge is 0.493 e. The molecule has 9 heteroatoms. The number of nitrogens with zero attached hydrogens (tertiary/aromatic N) is 1. The molecule has 1 aromatic rings. The van der Waals surface area contributed by atoms with Crippen molar-refractivity contribution in [3.05, 3.63) is 28.3 Å². The van der Waals surface area contributed by atoms with Gasteiger partial charge in [-0.2, -0.15) is 0 Å². The van der Waals surface area contributed by atoms with Gasteiger partial charge in [-0.15, -0.1) is 0 Å². The lowest BCUT2D eigenvalue weighted by Gasteiger charge is -2.23. The van der Waals surface area contributed by atoms with Gasteiger partial charge in [0.2, 0.25) is 9.05 Å². The van der Waals surface area contributed by atoms with E-state index in [1.54, 1.807) is 13.8 Å². The molecule has 0 N–H and O–H groups in total. The monoisotopic (exact) mass is 337 g/mol. The van der Waals surface area contributed by atoms with Crippen molar-refractivity contribution in [2.45, 2.75) is 13.8 Å². The Morgan fingerprint density at radius 2 is 1.95 bits per heavy atom. The lowest BCUT2D eigenvalue weighted by Crippen LogP contribution is -2.28. The molecule has 0 spiro atoms. The molecule has 0 radical (unpaired) electrons. The van der Waals surface area contributed by atoms with Gasteiger partial charge in [0.05, 0.1) is 30.5 Å². The Morgan fingerprint density at radius 1 is 1.33 bits per heavy atom. The number of ether oxygens (including phenoxy) is 2. The lowest BCUT2D eigenvalue weighted by molar-refractivity contribution is -0.385. The Kier molecular flexibility index (Phi) is 5.41. The number of nitro groups is 1. The minimum atomic E-state index is -3.65. The van der Waals surface area contributed by atoms with Crippen LogP contribution >= 0.6 is 10.7 Å². The second kappa shape index (κ2) is 6.48. The summed E-state index contributed by atoms with van der Waals surface area (Å²) in [4.78, 5) is 10.1. The van der Waals surface area contributed by atoms with E-state index in [0.29, 0.717) is 5.75 Å². The number of rotatable bonds is 7. The van der Waals surface area contributed by atoms with Crippen LogP contribution in [-0.2, 0) is 9.05 Å². The van der Waals surface area contributed by atoms with E-state index >= 15 is 0 Å². The van der Waals surface area contributed by atoms with E-state index in [4.69, 9.17) is 20.2 Å². The van der Waals surface area contributed by atoms with Crippen molar-refractivity contribution in [1.82, 2.24) is 0 Å². The van der Waals surface area contributed by atoms with Crippen LogP contribution in [0.5, 0.6) is 11.5 Å². The van der Waals surface area contributed by atoms with Crippen LogP contribution in [0.2, 0.25) is 0 Å². The highest BCUT2D eigenvalue weighted by Gasteiger charge is 2.26. The summed E-state index contributed by atoms with van der Waals surface area (Å²) in [5.41, 5.74) is -0.838. The Bertz CT molecular complexity index is 629. The van der Waals surface area contributed by atoms with Gasteiger partial charge in [-0.25, -0.2) is 8.42 Å². The van der Waals surface area contributed by atoms with E-state index in [-0.39, 0.29) is 23.8 Å². The fourth-order valence-electron chi connectivity index (χ4n) is 1.67. The van der Waals surface area contributed by atoms with Crippen LogP contribution in [-0.4, -0.2) is 32.8 Å². The highest BCUT2D eigenvalue weighted by atomic mass is 35.7. The predicted octanol–water partition coefficient (Wildman–Crippen LogP) is 2.58. The Hall–Kier alpha value is -1.54. The average molecular weight is 338 g/mol. The summed E-state index contributed by atoms with van der Waals surface area (Å²) >= 11 is 0. The zero-order chi connectivity index (χ0) is 16.3.